The molecule has 0 bridgehead atoms. The van der Waals surface area contributed by atoms with Crippen LogP contribution in [0.25, 0.3) is 22.3 Å². The number of nitrogen functional groups attached to an aromatic ring is 1. The molecule has 1 amide bonds. The zero-order chi connectivity index (χ0) is 25.6. The Morgan fingerprint density at radius 1 is 0.943 bits per heavy atom. The van der Waals surface area contributed by atoms with E-state index >= 15 is 0 Å². The van der Waals surface area contributed by atoms with E-state index in [4.69, 9.17) is 10.5 Å². The molecular weight excluding hydrogens is 440 g/mol. The van der Waals surface area contributed by atoms with Crippen molar-refractivity contribution in [2.45, 2.75) is 57.8 Å². The van der Waals surface area contributed by atoms with E-state index in [1.165, 1.54) is 0 Å². The summed E-state index contributed by atoms with van der Waals surface area (Å²) < 4.78 is 5.24. The van der Waals surface area contributed by atoms with Gasteiger partial charge in [0.25, 0.3) is 0 Å². The molecule has 3 rings (SSSR count). The topological polar surface area (TPSA) is 105 Å². The van der Waals surface area contributed by atoms with Crippen LogP contribution in [-0.2, 0) is 4.74 Å². The van der Waals surface area contributed by atoms with Crippen molar-refractivity contribution in [3.05, 3.63) is 78.4 Å². The van der Waals surface area contributed by atoms with E-state index in [2.05, 4.69) is 41.7 Å². The van der Waals surface area contributed by atoms with Crippen molar-refractivity contribution in [1.82, 2.24) is 5.32 Å². The van der Waals surface area contributed by atoms with E-state index in [9.17, 15) is 15.0 Å². The second-order valence-electron chi connectivity index (χ2n) is 9.89. The predicted molar refractivity (Wildman–Crippen MR) is 141 cm³/mol. The number of carbonyl (C=O) groups excluding carboxylic acids is 1. The molecule has 6 heteroatoms. The third-order valence-electron chi connectivity index (χ3n) is 5.93. The van der Waals surface area contributed by atoms with Crippen LogP contribution in [0.15, 0.2) is 72.8 Å². The highest BCUT2D eigenvalue weighted by atomic mass is 16.6. The normalized spacial score (nSPS) is 14.1. The molecule has 0 aliphatic carbocycles. The Balaban J connectivity index is 1.73. The van der Waals surface area contributed by atoms with Crippen LogP contribution < -0.4 is 11.1 Å². The van der Waals surface area contributed by atoms with Crippen LogP contribution in [0.4, 0.5) is 10.5 Å². The highest BCUT2D eigenvalue weighted by Crippen LogP contribution is 2.35. The van der Waals surface area contributed by atoms with Crippen LogP contribution in [0.3, 0.4) is 0 Å². The van der Waals surface area contributed by atoms with E-state index in [1.54, 1.807) is 20.8 Å². The molecule has 0 fully saturated rings. The zero-order valence-electron chi connectivity index (χ0n) is 20.9. The first-order chi connectivity index (χ1) is 16.6. The Hall–Kier alpha value is -3.35. The highest BCUT2D eigenvalue weighted by Gasteiger charge is 2.26. The monoisotopic (exact) mass is 476 g/mol. The number of benzene rings is 3. The van der Waals surface area contributed by atoms with Gasteiger partial charge in [0.05, 0.1) is 18.8 Å². The quantitative estimate of drug-likeness (QED) is 0.328. The average Bonchev–Trinajstić information content (AvgIpc) is 2.82. The Morgan fingerprint density at radius 2 is 1.54 bits per heavy atom. The summed E-state index contributed by atoms with van der Waals surface area (Å²) >= 11 is 0. The molecule has 0 heterocycles. The molecular formula is C29H36N2O4. The van der Waals surface area contributed by atoms with Gasteiger partial charge in [-0.3, -0.25) is 0 Å². The molecule has 0 aliphatic rings. The maximum absolute atomic E-state index is 12.1. The number of aliphatic hydroxyl groups excluding tert-OH is 2. The summed E-state index contributed by atoms with van der Waals surface area (Å²) in [6.07, 6.45) is -1.35. The second kappa shape index (κ2) is 11.4. The number of ether oxygens (including phenoxy) is 1. The van der Waals surface area contributed by atoms with Gasteiger partial charge < -0.3 is 26.0 Å². The van der Waals surface area contributed by atoms with Gasteiger partial charge in [-0.05, 0) is 55.4 Å². The van der Waals surface area contributed by atoms with Crippen molar-refractivity contribution in [1.29, 1.82) is 0 Å². The van der Waals surface area contributed by atoms with Gasteiger partial charge in [0.1, 0.15) is 5.60 Å². The van der Waals surface area contributed by atoms with Crippen LogP contribution in [0.5, 0.6) is 0 Å². The molecule has 0 saturated heterocycles. The Kier molecular flexibility index (Phi) is 8.54. The van der Waals surface area contributed by atoms with Crippen molar-refractivity contribution in [3.8, 4) is 22.3 Å². The number of anilines is 1. The van der Waals surface area contributed by atoms with E-state index in [-0.39, 0.29) is 5.92 Å². The highest BCUT2D eigenvalue weighted by molar-refractivity contribution is 5.80. The number of amides is 1. The first-order valence-electron chi connectivity index (χ1n) is 11.9. The molecule has 0 aromatic heterocycles. The van der Waals surface area contributed by atoms with Gasteiger partial charge in [0.15, 0.2) is 0 Å². The summed E-state index contributed by atoms with van der Waals surface area (Å²) in [5.74, 6) is -0.108. The number of para-hydroxylation sites is 1. The molecule has 3 atom stereocenters. The van der Waals surface area contributed by atoms with Crippen LogP contribution in [0.2, 0.25) is 0 Å². The third kappa shape index (κ3) is 7.07. The van der Waals surface area contributed by atoms with E-state index in [0.717, 1.165) is 27.8 Å². The first-order valence-corrected chi connectivity index (χ1v) is 11.9. The molecule has 6 nitrogen and oxygen atoms in total. The maximum atomic E-state index is 12.1. The smallest absolute Gasteiger partial charge is 0.408 e. The number of aliphatic hydroxyl groups is 2. The molecule has 0 saturated carbocycles. The number of alkyl carbamates (subject to hydrolysis) is 1. The van der Waals surface area contributed by atoms with Crippen molar-refractivity contribution >= 4 is 11.8 Å². The number of hydrogen-bond acceptors (Lipinski definition) is 5. The number of nitrogens with two attached hydrogens (primary N) is 1. The van der Waals surface area contributed by atoms with Gasteiger partial charge in [-0.15, -0.1) is 0 Å². The lowest BCUT2D eigenvalue weighted by molar-refractivity contribution is 0.0327. The molecule has 3 aromatic carbocycles. The second-order valence-corrected chi connectivity index (χ2v) is 9.89. The summed E-state index contributed by atoms with van der Waals surface area (Å²) in [7, 11) is 0. The molecule has 3 aromatic rings. The SMILES string of the molecule is CC(CC(O)C(CO)NC(=O)OC(C)(C)C)c1cccc(-c2ccc(-c3ccccc3)cc2)c1N. The van der Waals surface area contributed by atoms with E-state index in [1.807, 2.05) is 43.3 Å². The van der Waals surface area contributed by atoms with Crippen molar-refractivity contribution in [3.63, 3.8) is 0 Å². The zero-order valence-corrected chi connectivity index (χ0v) is 20.9. The van der Waals surface area contributed by atoms with Crippen LogP contribution in [0, 0.1) is 0 Å². The average molecular weight is 477 g/mol. The van der Waals surface area contributed by atoms with Crippen LogP contribution >= 0.6 is 0 Å². The Morgan fingerprint density at radius 3 is 2.14 bits per heavy atom. The summed E-state index contributed by atoms with van der Waals surface area (Å²) in [4.78, 5) is 12.1. The third-order valence-corrected chi connectivity index (χ3v) is 5.93. The van der Waals surface area contributed by atoms with Crippen molar-refractivity contribution in [2.24, 2.45) is 0 Å². The summed E-state index contributed by atoms with van der Waals surface area (Å²) in [6.45, 7) is 6.83. The van der Waals surface area contributed by atoms with Gasteiger partial charge in [0.2, 0.25) is 0 Å². The lowest BCUT2D eigenvalue weighted by Gasteiger charge is -2.27. The van der Waals surface area contributed by atoms with E-state index < -0.39 is 30.4 Å². The molecule has 35 heavy (non-hydrogen) atoms. The molecule has 3 unspecified atom stereocenters. The lowest BCUT2D eigenvalue weighted by atomic mass is 9.88. The van der Waals surface area contributed by atoms with Crippen LogP contribution in [-0.4, -0.2) is 40.7 Å². The van der Waals surface area contributed by atoms with Gasteiger partial charge in [-0.2, -0.15) is 0 Å². The summed E-state index contributed by atoms with van der Waals surface area (Å²) in [5.41, 5.74) is 11.7. The molecule has 186 valence electrons. The Labute approximate surface area is 207 Å². The fourth-order valence-electron chi connectivity index (χ4n) is 4.11. The molecule has 0 radical (unpaired) electrons. The maximum Gasteiger partial charge on any atom is 0.408 e. The number of nitrogens with one attached hydrogen (secondary N) is 1. The number of carbonyl (C=O) groups is 1. The largest absolute Gasteiger partial charge is 0.444 e. The number of rotatable bonds is 8. The predicted octanol–water partition coefficient (Wildman–Crippen LogP) is 5.34. The molecule has 0 aliphatic heterocycles. The summed E-state index contributed by atoms with van der Waals surface area (Å²) in [5, 5.41) is 23.0. The van der Waals surface area contributed by atoms with Crippen molar-refractivity contribution < 1.29 is 19.7 Å². The van der Waals surface area contributed by atoms with Crippen LogP contribution in [0.1, 0.15) is 45.6 Å². The van der Waals surface area contributed by atoms with E-state index in [0.29, 0.717) is 12.1 Å². The number of hydrogen-bond donors (Lipinski definition) is 4. The Bertz CT molecular complexity index is 1110. The standard InChI is InChI=1S/C29H36N2O4/c1-19(17-26(33)25(18-32)31-28(34)35-29(2,3)4)23-11-8-12-24(27(23)30)22-15-13-21(14-16-22)20-9-6-5-7-10-20/h5-16,19,25-26,32-33H,17-18,30H2,1-4H3,(H,31,34). The lowest BCUT2D eigenvalue weighted by Crippen LogP contribution is -2.48. The minimum atomic E-state index is -0.976. The van der Waals surface area contributed by atoms with Gasteiger partial charge in [0, 0.05) is 11.3 Å². The first kappa shape index (κ1) is 26.3. The van der Waals surface area contributed by atoms with Gasteiger partial charge >= 0.3 is 6.09 Å². The molecule has 0 spiro atoms. The fraction of sp³-hybridized carbons (Fsp3) is 0.345. The van der Waals surface area contributed by atoms with Gasteiger partial charge in [-0.1, -0.05) is 79.7 Å². The minimum Gasteiger partial charge on any atom is -0.444 e. The molecule has 5 N–H and O–H groups in total. The summed E-state index contributed by atoms with van der Waals surface area (Å²) in [6, 6.07) is 23.5. The fourth-order valence-corrected chi connectivity index (χ4v) is 4.11. The van der Waals surface area contributed by atoms with Crippen molar-refractivity contribution in [2.75, 3.05) is 12.3 Å². The van der Waals surface area contributed by atoms with Gasteiger partial charge in [-0.25, -0.2) is 4.79 Å². The minimum absolute atomic E-state index is 0.108.